The number of carbonyl (C=O) groups excluding carboxylic acids is 2. The van der Waals surface area contributed by atoms with Gasteiger partial charge in [-0.05, 0) is 54.8 Å². The summed E-state index contributed by atoms with van der Waals surface area (Å²) >= 11 is 1.23. The van der Waals surface area contributed by atoms with Gasteiger partial charge in [-0.3, -0.25) is 9.59 Å². The molecule has 0 spiro atoms. The molecule has 2 rings (SSSR count). The summed E-state index contributed by atoms with van der Waals surface area (Å²) in [7, 11) is 0. The topological polar surface area (TPSA) is 102 Å². The molecule has 8 nitrogen and oxygen atoms in total. The van der Waals surface area contributed by atoms with E-state index in [1.165, 1.54) is 11.8 Å². The van der Waals surface area contributed by atoms with Gasteiger partial charge in [0.05, 0.1) is 11.4 Å². The van der Waals surface area contributed by atoms with E-state index in [0.717, 1.165) is 23.2 Å². The summed E-state index contributed by atoms with van der Waals surface area (Å²) in [6.07, 6.45) is 0.850. The number of aromatic nitrogens is 4. The average Bonchev–Trinajstić information content (AvgIpc) is 3.08. The molecule has 1 aromatic heterocycles. The summed E-state index contributed by atoms with van der Waals surface area (Å²) in [5, 5.41) is 17.7. The number of hydrogen-bond acceptors (Lipinski definition) is 6. The molecule has 0 aliphatic carbocycles. The molecule has 1 aromatic carbocycles. The maximum absolute atomic E-state index is 12.1. The van der Waals surface area contributed by atoms with Crippen LogP contribution in [0.2, 0.25) is 0 Å². The molecule has 0 fully saturated rings. The number of carbonyl (C=O) groups is 2. The molecule has 2 amide bonds. The monoisotopic (exact) mass is 376 g/mol. The minimum absolute atomic E-state index is 0.122. The Morgan fingerprint density at radius 1 is 1.31 bits per heavy atom. The number of thioether (sulfide) groups is 1. The van der Waals surface area contributed by atoms with Gasteiger partial charge in [0.1, 0.15) is 6.04 Å². The molecule has 26 heavy (non-hydrogen) atoms. The van der Waals surface area contributed by atoms with Crippen LogP contribution >= 0.6 is 11.8 Å². The van der Waals surface area contributed by atoms with Crippen molar-refractivity contribution in [2.24, 2.45) is 0 Å². The first-order chi connectivity index (χ1) is 12.4. The molecule has 0 aliphatic heterocycles. The molecular formula is C17H24N6O2S. The van der Waals surface area contributed by atoms with Crippen LogP contribution in [-0.4, -0.2) is 50.4 Å². The second-order valence-corrected chi connectivity index (χ2v) is 6.90. The third kappa shape index (κ3) is 5.04. The smallest absolute Gasteiger partial charge is 0.242 e. The van der Waals surface area contributed by atoms with E-state index in [2.05, 4.69) is 26.2 Å². The first-order valence-corrected chi connectivity index (χ1v) is 9.47. The van der Waals surface area contributed by atoms with Gasteiger partial charge in [0.2, 0.25) is 17.0 Å². The van der Waals surface area contributed by atoms with Crippen molar-refractivity contribution in [1.82, 2.24) is 30.8 Å². The van der Waals surface area contributed by atoms with Gasteiger partial charge in [-0.1, -0.05) is 30.8 Å². The third-order valence-corrected chi connectivity index (χ3v) is 4.82. The molecular weight excluding hydrogens is 352 g/mol. The largest absolute Gasteiger partial charge is 0.354 e. The van der Waals surface area contributed by atoms with Crippen molar-refractivity contribution in [2.45, 2.75) is 45.3 Å². The zero-order valence-electron chi connectivity index (χ0n) is 15.4. The number of hydrogen-bond donors (Lipinski definition) is 2. The van der Waals surface area contributed by atoms with Gasteiger partial charge in [0.15, 0.2) is 0 Å². The fourth-order valence-corrected chi connectivity index (χ4v) is 2.96. The number of nitrogens with one attached hydrogen (secondary N) is 2. The van der Waals surface area contributed by atoms with Gasteiger partial charge >= 0.3 is 0 Å². The fourth-order valence-electron chi connectivity index (χ4n) is 2.27. The highest BCUT2D eigenvalue weighted by atomic mass is 32.2. The molecule has 0 radical (unpaired) electrons. The van der Waals surface area contributed by atoms with Crippen LogP contribution < -0.4 is 10.6 Å². The number of amides is 2. The SMILES string of the molecule is CCCNC(=O)[C@@H](C)NC(=O)CSc1nnnn1-c1cccc(C)c1C. The minimum atomic E-state index is -0.579. The Morgan fingerprint density at radius 2 is 2.08 bits per heavy atom. The molecule has 0 unspecified atom stereocenters. The van der Waals surface area contributed by atoms with E-state index in [-0.39, 0.29) is 17.6 Å². The molecule has 0 saturated carbocycles. The third-order valence-electron chi connectivity index (χ3n) is 3.90. The van der Waals surface area contributed by atoms with Crippen molar-refractivity contribution in [3.05, 3.63) is 29.3 Å². The van der Waals surface area contributed by atoms with Gasteiger partial charge < -0.3 is 10.6 Å². The van der Waals surface area contributed by atoms with E-state index in [0.29, 0.717) is 11.7 Å². The lowest BCUT2D eigenvalue weighted by molar-refractivity contribution is -0.127. The lowest BCUT2D eigenvalue weighted by Gasteiger charge is -2.13. The van der Waals surface area contributed by atoms with Crippen molar-refractivity contribution in [3.8, 4) is 5.69 Å². The normalized spacial score (nSPS) is 11.8. The summed E-state index contributed by atoms with van der Waals surface area (Å²) in [5.74, 6) is -0.313. The van der Waals surface area contributed by atoms with Gasteiger partial charge in [-0.2, -0.15) is 4.68 Å². The Bertz CT molecular complexity index is 776. The van der Waals surface area contributed by atoms with Crippen LogP contribution in [0, 0.1) is 13.8 Å². The van der Waals surface area contributed by atoms with Gasteiger partial charge in [0, 0.05) is 6.54 Å². The lowest BCUT2D eigenvalue weighted by Crippen LogP contribution is -2.45. The number of nitrogens with zero attached hydrogens (tertiary/aromatic N) is 4. The number of benzene rings is 1. The van der Waals surface area contributed by atoms with Crippen molar-refractivity contribution in [1.29, 1.82) is 0 Å². The quantitative estimate of drug-likeness (QED) is 0.675. The number of aryl methyl sites for hydroxylation is 1. The Morgan fingerprint density at radius 3 is 2.81 bits per heavy atom. The van der Waals surface area contributed by atoms with Crippen LogP contribution in [-0.2, 0) is 9.59 Å². The maximum atomic E-state index is 12.1. The molecule has 9 heteroatoms. The van der Waals surface area contributed by atoms with Crippen LogP contribution in [0.3, 0.4) is 0 Å². The minimum Gasteiger partial charge on any atom is -0.354 e. The highest BCUT2D eigenvalue weighted by Crippen LogP contribution is 2.22. The van der Waals surface area contributed by atoms with E-state index in [9.17, 15) is 9.59 Å². The van der Waals surface area contributed by atoms with E-state index in [4.69, 9.17) is 0 Å². The Balaban J connectivity index is 1.97. The van der Waals surface area contributed by atoms with Gasteiger partial charge in [0.25, 0.3) is 0 Å². The Kier molecular flexibility index (Phi) is 7.14. The van der Waals surface area contributed by atoms with Crippen LogP contribution in [0.4, 0.5) is 0 Å². The zero-order valence-corrected chi connectivity index (χ0v) is 16.3. The molecule has 2 aromatic rings. The molecule has 1 heterocycles. The fraction of sp³-hybridized carbons (Fsp3) is 0.471. The Hall–Kier alpha value is -2.42. The van der Waals surface area contributed by atoms with Crippen molar-refractivity contribution in [3.63, 3.8) is 0 Å². The summed E-state index contributed by atoms with van der Waals surface area (Å²) in [6, 6.07) is 5.32. The van der Waals surface area contributed by atoms with Gasteiger partial charge in [-0.15, -0.1) is 5.10 Å². The van der Waals surface area contributed by atoms with Crippen LogP contribution in [0.25, 0.3) is 5.69 Å². The summed E-state index contributed by atoms with van der Waals surface area (Å²) in [5.41, 5.74) is 3.09. The summed E-state index contributed by atoms with van der Waals surface area (Å²) in [6.45, 7) is 8.25. The first kappa shape index (κ1) is 19.9. The second kappa shape index (κ2) is 9.33. The predicted octanol–water partition coefficient (Wildman–Crippen LogP) is 1.40. The summed E-state index contributed by atoms with van der Waals surface area (Å²) < 4.78 is 1.62. The molecule has 2 N–H and O–H groups in total. The number of tetrazole rings is 1. The molecule has 0 bridgehead atoms. The zero-order chi connectivity index (χ0) is 19.1. The van der Waals surface area contributed by atoms with Crippen molar-refractivity contribution < 1.29 is 9.59 Å². The lowest BCUT2D eigenvalue weighted by atomic mass is 10.1. The maximum Gasteiger partial charge on any atom is 0.242 e. The van der Waals surface area contributed by atoms with Crippen LogP contribution in [0.1, 0.15) is 31.4 Å². The average molecular weight is 376 g/mol. The first-order valence-electron chi connectivity index (χ1n) is 8.48. The standard InChI is InChI=1S/C17H24N6O2S/c1-5-9-18-16(25)13(4)19-15(24)10-26-17-20-21-22-23(17)14-8-6-7-11(2)12(14)3/h6-8,13H,5,9-10H2,1-4H3,(H,18,25)(H,19,24)/t13-/m1/s1. The number of rotatable bonds is 8. The predicted molar refractivity (Wildman–Crippen MR) is 100 cm³/mol. The van der Waals surface area contributed by atoms with E-state index < -0.39 is 6.04 Å². The highest BCUT2D eigenvalue weighted by molar-refractivity contribution is 7.99. The molecule has 1 atom stereocenters. The van der Waals surface area contributed by atoms with Gasteiger partial charge in [-0.25, -0.2) is 0 Å². The van der Waals surface area contributed by atoms with Crippen LogP contribution in [0.5, 0.6) is 0 Å². The van der Waals surface area contributed by atoms with E-state index in [1.807, 2.05) is 39.0 Å². The Labute approximate surface area is 157 Å². The molecule has 0 aliphatic rings. The van der Waals surface area contributed by atoms with Crippen LogP contribution in [0.15, 0.2) is 23.4 Å². The second-order valence-electron chi connectivity index (χ2n) is 5.96. The van der Waals surface area contributed by atoms with E-state index >= 15 is 0 Å². The molecule has 0 saturated heterocycles. The van der Waals surface area contributed by atoms with Crippen molar-refractivity contribution in [2.75, 3.05) is 12.3 Å². The summed E-state index contributed by atoms with van der Waals surface area (Å²) in [4.78, 5) is 23.9. The van der Waals surface area contributed by atoms with E-state index in [1.54, 1.807) is 11.6 Å². The van der Waals surface area contributed by atoms with Crippen molar-refractivity contribution >= 4 is 23.6 Å². The molecule has 140 valence electrons. The highest BCUT2D eigenvalue weighted by Gasteiger charge is 2.17.